The van der Waals surface area contributed by atoms with E-state index < -0.39 is 22.6 Å². The number of benzene rings is 2. The van der Waals surface area contributed by atoms with Gasteiger partial charge in [-0.2, -0.15) is 13.2 Å². The standard InChI is InChI=1S/C17H12ClF3N2O3/c1-10-2-6-14(15(8-10)23(25)26)22-16(24)7-3-11-9-12(17(19,20)21)4-5-13(11)18/h2-9H,1H3,(H,22,24)/b7-3+. The molecule has 0 atom stereocenters. The second-order valence-electron chi connectivity index (χ2n) is 5.33. The van der Waals surface area contributed by atoms with E-state index in [1.165, 1.54) is 12.1 Å². The summed E-state index contributed by atoms with van der Waals surface area (Å²) in [6.45, 7) is 1.66. The van der Waals surface area contributed by atoms with Gasteiger partial charge < -0.3 is 5.32 Å². The van der Waals surface area contributed by atoms with Crippen LogP contribution in [0.3, 0.4) is 0 Å². The summed E-state index contributed by atoms with van der Waals surface area (Å²) < 4.78 is 38.2. The lowest BCUT2D eigenvalue weighted by Gasteiger charge is -2.08. The van der Waals surface area contributed by atoms with Gasteiger partial charge in [-0.25, -0.2) is 0 Å². The fourth-order valence-corrected chi connectivity index (χ4v) is 2.27. The van der Waals surface area contributed by atoms with Crippen molar-refractivity contribution in [2.24, 2.45) is 0 Å². The van der Waals surface area contributed by atoms with Crippen LogP contribution in [0.1, 0.15) is 16.7 Å². The van der Waals surface area contributed by atoms with Crippen LogP contribution in [-0.4, -0.2) is 10.8 Å². The average Bonchev–Trinajstić information content (AvgIpc) is 2.54. The number of nitro benzene ring substituents is 1. The molecule has 0 saturated carbocycles. The minimum Gasteiger partial charge on any atom is -0.317 e. The second kappa shape index (κ2) is 7.57. The summed E-state index contributed by atoms with van der Waals surface area (Å²) in [5.74, 6) is -0.745. The Kier molecular flexibility index (Phi) is 5.66. The van der Waals surface area contributed by atoms with Gasteiger partial charge >= 0.3 is 6.18 Å². The van der Waals surface area contributed by atoms with Crippen molar-refractivity contribution < 1.29 is 22.9 Å². The van der Waals surface area contributed by atoms with Crippen molar-refractivity contribution in [2.75, 3.05) is 5.32 Å². The smallest absolute Gasteiger partial charge is 0.317 e. The first-order chi connectivity index (χ1) is 12.1. The molecule has 0 spiro atoms. The number of hydrogen-bond donors (Lipinski definition) is 1. The number of anilines is 1. The van der Waals surface area contributed by atoms with Crippen LogP contribution in [0.2, 0.25) is 5.02 Å². The molecule has 0 unspecified atom stereocenters. The van der Waals surface area contributed by atoms with Gasteiger partial charge in [0.25, 0.3) is 5.69 Å². The van der Waals surface area contributed by atoms with Gasteiger partial charge in [0.05, 0.1) is 10.5 Å². The van der Waals surface area contributed by atoms with Crippen molar-refractivity contribution in [1.82, 2.24) is 0 Å². The SMILES string of the molecule is Cc1ccc(NC(=O)/C=C/c2cc(C(F)(F)F)ccc2Cl)c([N+](=O)[O-])c1. The van der Waals surface area contributed by atoms with Crippen LogP contribution < -0.4 is 5.32 Å². The molecular weight excluding hydrogens is 373 g/mol. The summed E-state index contributed by atoms with van der Waals surface area (Å²) in [7, 11) is 0. The summed E-state index contributed by atoms with van der Waals surface area (Å²) >= 11 is 5.83. The molecule has 5 nitrogen and oxygen atoms in total. The molecule has 0 bridgehead atoms. The quantitative estimate of drug-likeness (QED) is 0.446. The van der Waals surface area contributed by atoms with Crippen LogP contribution in [0.15, 0.2) is 42.5 Å². The van der Waals surface area contributed by atoms with Crippen LogP contribution in [0.5, 0.6) is 0 Å². The fraction of sp³-hybridized carbons (Fsp3) is 0.118. The molecule has 1 amide bonds. The highest BCUT2D eigenvalue weighted by molar-refractivity contribution is 6.32. The number of rotatable bonds is 4. The van der Waals surface area contributed by atoms with Crippen LogP contribution in [0.4, 0.5) is 24.5 Å². The number of hydrogen-bond acceptors (Lipinski definition) is 3. The molecule has 0 saturated heterocycles. The maximum atomic E-state index is 12.7. The van der Waals surface area contributed by atoms with E-state index in [1.807, 2.05) is 0 Å². The highest BCUT2D eigenvalue weighted by atomic mass is 35.5. The molecule has 2 aromatic rings. The molecule has 1 N–H and O–H groups in total. The molecule has 0 aromatic heterocycles. The van der Waals surface area contributed by atoms with Gasteiger partial charge in [0.2, 0.25) is 5.91 Å². The van der Waals surface area contributed by atoms with Gasteiger partial charge in [-0.3, -0.25) is 14.9 Å². The molecule has 0 aliphatic carbocycles. The Bertz CT molecular complexity index is 895. The Labute approximate surface area is 151 Å². The molecule has 136 valence electrons. The number of nitrogens with zero attached hydrogens (tertiary/aromatic N) is 1. The third-order valence-corrected chi connectivity index (χ3v) is 3.69. The largest absolute Gasteiger partial charge is 0.416 e. The minimum absolute atomic E-state index is 0.00459. The summed E-state index contributed by atoms with van der Waals surface area (Å²) in [6, 6.07) is 6.96. The third kappa shape index (κ3) is 4.82. The number of carbonyl (C=O) groups excluding carboxylic acids is 1. The first-order valence-electron chi connectivity index (χ1n) is 7.19. The Morgan fingerprint density at radius 1 is 1.23 bits per heavy atom. The molecule has 2 aromatic carbocycles. The van der Waals surface area contributed by atoms with Crippen molar-refractivity contribution in [2.45, 2.75) is 13.1 Å². The zero-order valence-electron chi connectivity index (χ0n) is 13.3. The first-order valence-corrected chi connectivity index (χ1v) is 7.56. The lowest BCUT2D eigenvalue weighted by atomic mass is 10.1. The lowest BCUT2D eigenvalue weighted by molar-refractivity contribution is -0.384. The normalized spacial score (nSPS) is 11.6. The highest BCUT2D eigenvalue weighted by Crippen LogP contribution is 2.32. The number of amides is 1. The molecule has 26 heavy (non-hydrogen) atoms. The minimum atomic E-state index is -4.54. The Morgan fingerprint density at radius 2 is 1.92 bits per heavy atom. The van der Waals surface area contributed by atoms with Crippen LogP contribution >= 0.6 is 11.6 Å². The third-order valence-electron chi connectivity index (χ3n) is 3.35. The number of alkyl halides is 3. The van der Waals surface area contributed by atoms with Crippen molar-refractivity contribution in [3.63, 3.8) is 0 Å². The van der Waals surface area contributed by atoms with Crippen LogP contribution in [0.25, 0.3) is 6.08 Å². The second-order valence-corrected chi connectivity index (χ2v) is 5.74. The number of nitrogens with one attached hydrogen (secondary N) is 1. The number of carbonyl (C=O) groups is 1. The van der Waals surface area contributed by atoms with Gasteiger partial charge in [0, 0.05) is 17.2 Å². The van der Waals surface area contributed by atoms with Crippen molar-refractivity contribution in [3.8, 4) is 0 Å². The average molecular weight is 385 g/mol. The van der Waals surface area contributed by atoms with Crippen LogP contribution in [0, 0.1) is 17.0 Å². The molecule has 2 rings (SSSR count). The maximum absolute atomic E-state index is 12.7. The van der Waals surface area contributed by atoms with Gasteiger partial charge in [-0.05, 0) is 48.4 Å². The summed E-state index contributed by atoms with van der Waals surface area (Å²) in [4.78, 5) is 22.3. The van der Waals surface area contributed by atoms with Gasteiger partial charge in [-0.1, -0.05) is 17.7 Å². The molecule has 0 fully saturated rings. The topological polar surface area (TPSA) is 72.2 Å². The monoisotopic (exact) mass is 384 g/mol. The summed E-state index contributed by atoms with van der Waals surface area (Å²) in [5, 5.41) is 13.4. The van der Waals surface area contributed by atoms with Crippen LogP contribution in [-0.2, 0) is 11.0 Å². The molecule has 0 heterocycles. The van der Waals surface area contributed by atoms with Gasteiger partial charge in [0.15, 0.2) is 0 Å². The van der Waals surface area contributed by atoms with Crippen molar-refractivity contribution in [3.05, 3.63) is 74.3 Å². The molecule has 0 aliphatic heterocycles. The zero-order chi connectivity index (χ0) is 19.5. The molecular formula is C17H12ClF3N2O3. The van der Waals surface area contributed by atoms with E-state index in [2.05, 4.69) is 5.32 Å². The molecule has 0 aliphatic rings. The fourth-order valence-electron chi connectivity index (χ4n) is 2.09. The van der Waals surface area contributed by atoms with Gasteiger partial charge in [-0.15, -0.1) is 0 Å². The Morgan fingerprint density at radius 3 is 2.54 bits per heavy atom. The van der Waals surface area contributed by atoms with Gasteiger partial charge in [0.1, 0.15) is 5.69 Å². The number of halogens is 4. The maximum Gasteiger partial charge on any atom is 0.416 e. The van der Waals surface area contributed by atoms with E-state index in [0.717, 1.165) is 30.4 Å². The Hall–Kier alpha value is -2.87. The van der Waals surface area contributed by atoms with E-state index in [-0.39, 0.29) is 22.0 Å². The van der Waals surface area contributed by atoms with Crippen molar-refractivity contribution >= 4 is 35.0 Å². The van der Waals surface area contributed by atoms with E-state index in [4.69, 9.17) is 11.6 Å². The highest BCUT2D eigenvalue weighted by Gasteiger charge is 2.30. The predicted octanol–water partition coefficient (Wildman–Crippen LogP) is 5.23. The molecule has 9 heteroatoms. The summed E-state index contributed by atoms with van der Waals surface area (Å²) in [5.41, 5.74) is -0.582. The molecule has 0 radical (unpaired) electrons. The zero-order valence-corrected chi connectivity index (χ0v) is 14.1. The Balaban J connectivity index is 2.22. The predicted molar refractivity (Wildman–Crippen MR) is 92.0 cm³/mol. The first kappa shape index (κ1) is 19.5. The lowest BCUT2D eigenvalue weighted by Crippen LogP contribution is -2.10. The van der Waals surface area contributed by atoms with E-state index >= 15 is 0 Å². The number of nitro groups is 1. The van der Waals surface area contributed by atoms with E-state index in [1.54, 1.807) is 13.0 Å². The van der Waals surface area contributed by atoms with Crippen molar-refractivity contribution in [1.29, 1.82) is 0 Å². The van der Waals surface area contributed by atoms with E-state index in [0.29, 0.717) is 5.56 Å². The number of aryl methyl sites for hydroxylation is 1. The summed E-state index contributed by atoms with van der Waals surface area (Å²) in [6.07, 6.45) is -2.49. The van der Waals surface area contributed by atoms with E-state index in [9.17, 15) is 28.1 Å².